The number of nitrogens with one attached hydrogen (secondary N) is 1. The SMILES string of the molecule is CCOCCn1c(C)nc2cc(C(=O)Nc3nc(-c4ccncc4)cs3)ccc21. The second kappa shape index (κ2) is 8.50. The predicted octanol–water partition coefficient (Wildman–Crippen LogP) is 4.15. The third-order valence-electron chi connectivity index (χ3n) is 4.57. The van der Waals surface area contributed by atoms with Crippen LogP contribution in [0.4, 0.5) is 5.13 Å². The third-order valence-corrected chi connectivity index (χ3v) is 5.32. The molecule has 148 valence electrons. The number of fused-ring (bicyclic) bond motifs is 1. The quantitative estimate of drug-likeness (QED) is 0.465. The highest BCUT2D eigenvalue weighted by atomic mass is 32.1. The summed E-state index contributed by atoms with van der Waals surface area (Å²) in [5.74, 6) is 0.697. The number of anilines is 1. The fourth-order valence-electron chi connectivity index (χ4n) is 3.13. The molecular formula is C21H21N5O2S. The fraction of sp³-hybridized carbons (Fsp3) is 0.238. The van der Waals surface area contributed by atoms with Crippen molar-refractivity contribution in [1.82, 2.24) is 19.5 Å². The van der Waals surface area contributed by atoms with Crippen molar-refractivity contribution in [3.05, 3.63) is 59.5 Å². The summed E-state index contributed by atoms with van der Waals surface area (Å²) in [7, 11) is 0. The first-order valence-electron chi connectivity index (χ1n) is 9.37. The van der Waals surface area contributed by atoms with E-state index in [0.717, 1.165) is 34.7 Å². The molecule has 0 aliphatic heterocycles. The molecule has 0 unspecified atom stereocenters. The van der Waals surface area contributed by atoms with E-state index in [-0.39, 0.29) is 5.91 Å². The van der Waals surface area contributed by atoms with E-state index in [1.807, 2.05) is 49.6 Å². The molecule has 0 saturated heterocycles. The molecule has 1 amide bonds. The molecule has 0 bridgehead atoms. The van der Waals surface area contributed by atoms with Crippen LogP contribution >= 0.6 is 11.3 Å². The van der Waals surface area contributed by atoms with Gasteiger partial charge >= 0.3 is 0 Å². The van der Waals surface area contributed by atoms with Gasteiger partial charge < -0.3 is 9.30 Å². The largest absolute Gasteiger partial charge is 0.380 e. The first-order valence-corrected chi connectivity index (χ1v) is 10.3. The van der Waals surface area contributed by atoms with E-state index < -0.39 is 0 Å². The molecule has 8 heteroatoms. The number of thiazole rings is 1. The molecule has 0 radical (unpaired) electrons. The number of hydrogen-bond acceptors (Lipinski definition) is 6. The Kier molecular flexibility index (Phi) is 5.64. The molecule has 0 spiro atoms. The lowest BCUT2D eigenvalue weighted by molar-refractivity contribution is 0.102. The summed E-state index contributed by atoms with van der Waals surface area (Å²) in [5.41, 5.74) is 4.11. The van der Waals surface area contributed by atoms with Crippen LogP contribution in [0.2, 0.25) is 0 Å². The van der Waals surface area contributed by atoms with Crippen molar-refractivity contribution < 1.29 is 9.53 Å². The van der Waals surface area contributed by atoms with Crippen molar-refractivity contribution in [2.45, 2.75) is 20.4 Å². The second-order valence-corrected chi connectivity index (χ2v) is 7.30. The Morgan fingerprint density at radius 3 is 2.83 bits per heavy atom. The minimum absolute atomic E-state index is 0.205. The van der Waals surface area contributed by atoms with Gasteiger partial charge in [0.1, 0.15) is 5.82 Å². The highest BCUT2D eigenvalue weighted by Gasteiger charge is 2.13. The highest BCUT2D eigenvalue weighted by Crippen LogP contribution is 2.25. The highest BCUT2D eigenvalue weighted by molar-refractivity contribution is 7.14. The predicted molar refractivity (Wildman–Crippen MR) is 114 cm³/mol. The number of rotatable bonds is 7. The molecule has 0 aliphatic carbocycles. The maximum absolute atomic E-state index is 12.7. The van der Waals surface area contributed by atoms with Gasteiger partial charge in [-0.25, -0.2) is 9.97 Å². The van der Waals surface area contributed by atoms with Crippen molar-refractivity contribution >= 4 is 33.4 Å². The number of aromatic nitrogens is 4. The molecule has 1 N–H and O–H groups in total. The third kappa shape index (κ3) is 4.18. The molecule has 3 aromatic heterocycles. The minimum Gasteiger partial charge on any atom is -0.380 e. The van der Waals surface area contributed by atoms with Gasteiger partial charge in [-0.15, -0.1) is 11.3 Å². The lowest BCUT2D eigenvalue weighted by Gasteiger charge is -2.07. The summed E-state index contributed by atoms with van der Waals surface area (Å²) >= 11 is 1.39. The van der Waals surface area contributed by atoms with Gasteiger partial charge in [-0.05, 0) is 44.2 Å². The summed E-state index contributed by atoms with van der Waals surface area (Å²) in [5, 5.41) is 5.34. The minimum atomic E-state index is -0.205. The Morgan fingerprint density at radius 2 is 2.03 bits per heavy atom. The van der Waals surface area contributed by atoms with E-state index in [1.165, 1.54) is 11.3 Å². The number of hydrogen-bond donors (Lipinski definition) is 1. The molecule has 7 nitrogen and oxygen atoms in total. The van der Waals surface area contributed by atoms with E-state index >= 15 is 0 Å². The van der Waals surface area contributed by atoms with Gasteiger partial charge in [-0.2, -0.15) is 0 Å². The van der Waals surface area contributed by atoms with Crippen LogP contribution in [-0.4, -0.2) is 38.6 Å². The van der Waals surface area contributed by atoms with Gasteiger partial charge in [0.15, 0.2) is 5.13 Å². The fourth-order valence-corrected chi connectivity index (χ4v) is 3.84. The Hall–Kier alpha value is -3.10. The van der Waals surface area contributed by atoms with Crippen molar-refractivity contribution in [3.8, 4) is 11.3 Å². The number of imidazole rings is 1. The molecular weight excluding hydrogens is 386 g/mol. The van der Waals surface area contributed by atoms with Crippen LogP contribution in [0.15, 0.2) is 48.1 Å². The second-order valence-electron chi connectivity index (χ2n) is 6.44. The maximum atomic E-state index is 12.7. The van der Waals surface area contributed by atoms with E-state index in [1.54, 1.807) is 12.4 Å². The number of aryl methyl sites for hydroxylation is 1. The van der Waals surface area contributed by atoms with Gasteiger partial charge in [0.25, 0.3) is 5.91 Å². The van der Waals surface area contributed by atoms with Crippen LogP contribution in [0.25, 0.3) is 22.3 Å². The molecule has 4 aromatic rings. The van der Waals surface area contributed by atoms with Gasteiger partial charge in [0.05, 0.1) is 23.3 Å². The number of pyridine rings is 1. The van der Waals surface area contributed by atoms with Crippen LogP contribution in [0, 0.1) is 6.92 Å². The molecule has 3 heterocycles. The first kappa shape index (κ1) is 19.2. The average Bonchev–Trinajstić information content (AvgIpc) is 3.32. The topological polar surface area (TPSA) is 81.9 Å². The van der Waals surface area contributed by atoms with Crippen LogP contribution in [-0.2, 0) is 11.3 Å². The molecule has 0 saturated carbocycles. The Bertz CT molecular complexity index is 1140. The van der Waals surface area contributed by atoms with Gasteiger partial charge in [-0.3, -0.25) is 15.1 Å². The molecule has 29 heavy (non-hydrogen) atoms. The van der Waals surface area contributed by atoms with Gasteiger partial charge in [0, 0.05) is 42.1 Å². The average molecular weight is 407 g/mol. The summed E-state index contributed by atoms with van der Waals surface area (Å²) in [4.78, 5) is 25.8. The molecule has 4 rings (SSSR count). The van der Waals surface area contributed by atoms with E-state index in [9.17, 15) is 4.79 Å². The van der Waals surface area contributed by atoms with Crippen LogP contribution in [0.1, 0.15) is 23.1 Å². The summed E-state index contributed by atoms with van der Waals surface area (Å²) in [6, 6.07) is 9.33. The number of carbonyl (C=O) groups excluding carboxylic acids is 1. The smallest absolute Gasteiger partial charge is 0.257 e. The van der Waals surface area contributed by atoms with Crippen molar-refractivity contribution in [2.24, 2.45) is 0 Å². The number of amides is 1. The van der Waals surface area contributed by atoms with E-state index in [2.05, 4.69) is 24.8 Å². The zero-order valence-corrected chi connectivity index (χ0v) is 17.1. The first-order chi connectivity index (χ1) is 14.2. The van der Waals surface area contributed by atoms with Gasteiger partial charge in [0.2, 0.25) is 0 Å². The summed E-state index contributed by atoms with van der Waals surface area (Å²) in [6.07, 6.45) is 3.44. The van der Waals surface area contributed by atoms with Crippen LogP contribution < -0.4 is 5.32 Å². The number of benzene rings is 1. The molecule has 1 aromatic carbocycles. The number of carbonyl (C=O) groups is 1. The van der Waals surface area contributed by atoms with Crippen LogP contribution in [0.5, 0.6) is 0 Å². The lowest BCUT2D eigenvalue weighted by Crippen LogP contribution is -2.11. The molecule has 0 atom stereocenters. The zero-order valence-electron chi connectivity index (χ0n) is 16.3. The Balaban J connectivity index is 1.51. The standard InChI is InChI=1S/C21H21N5O2S/c1-3-28-11-10-26-14(2)23-17-12-16(4-5-19(17)26)20(27)25-21-24-18(13-29-21)15-6-8-22-9-7-15/h4-9,12-13H,3,10-11H2,1-2H3,(H,24,25,27). The Morgan fingerprint density at radius 1 is 1.21 bits per heavy atom. The number of nitrogens with zero attached hydrogens (tertiary/aromatic N) is 4. The maximum Gasteiger partial charge on any atom is 0.257 e. The van der Waals surface area contributed by atoms with Crippen molar-refractivity contribution in [1.29, 1.82) is 0 Å². The van der Waals surface area contributed by atoms with Crippen LogP contribution in [0.3, 0.4) is 0 Å². The molecule has 0 fully saturated rings. The monoisotopic (exact) mass is 407 g/mol. The Labute approximate surface area is 172 Å². The van der Waals surface area contributed by atoms with Gasteiger partial charge in [-0.1, -0.05) is 0 Å². The van der Waals surface area contributed by atoms with E-state index in [0.29, 0.717) is 23.9 Å². The number of ether oxygens (including phenoxy) is 1. The summed E-state index contributed by atoms with van der Waals surface area (Å²) in [6.45, 7) is 6.00. The van der Waals surface area contributed by atoms with Crippen molar-refractivity contribution in [2.75, 3.05) is 18.5 Å². The molecule has 0 aliphatic rings. The lowest BCUT2D eigenvalue weighted by atomic mass is 10.2. The van der Waals surface area contributed by atoms with E-state index in [4.69, 9.17) is 4.74 Å². The zero-order chi connectivity index (χ0) is 20.2. The van der Waals surface area contributed by atoms with Crippen molar-refractivity contribution in [3.63, 3.8) is 0 Å². The normalized spacial score (nSPS) is 11.1. The summed E-state index contributed by atoms with van der Waals surface area (Å²) < 4.78 is 7.56.